The first kappa shape index (κ1) is 19.5. The molecule has 5 rings (SSSR count). The molecular formula is C25H34N2OS. The summed E-state index contributed by atoms with van der Waals surface area (Å²) in [7, 11) is 0. The third-order valence-corrected chi connectivity index (χ3v) is 9.96. The van der Waals surface area contributed by atoms with Gasteiger partial charge in [0.05, 0.1) is 0 Å². The van der Waals surface area contributed by atoms with Crippen molar-refractivity contribution in [3.63, 3.8) is 0 Å². The number of rotatable bonds is 3. The fourth-order valence-corrected chi connectivity index (χ4v) is 8.11. The second kappa shape index (κ2) is 7.08. The second-order valence-corrected chi connectivity index (χ2v) is 11.2. The van der Waals surface area contributed by atoms with Gasteiger partial charge in [0, 0.05) is 17.6 Å². The number of fused-ring (bicyclic) bond motifs is 5. The van der Waals surface area contributed by atoms with Gasteiger partial charge in [-0.2, -0.15) is 0 Å². The van der Waals surface area contributed by atoms with Gasteiger partial charge in [-0.05, 0) is 80.0 Å². The van der Waals surface area contributed by atoms with Gasteiger partial charge in [-0.3, -0.25) is 4.79 Å². The fraction of sp³-hybridized carbons (Fsp3) is 0.680. The lowest BCUT2D eigenvalue weighted by Crippen LogP contribution is -2.51. The van der Waals surface area contributed by atoms with Crippen LogP contribution in [0.4, 0.5) is 0 Å². The number of amides is 1. The van der Waals surface area contributed by atoms with Crippen LogP contribution in [-0.4, -0.2) is 16.9 Å². The zero-order chi connectivity index (χ0) is 20.2. The summed E-state index contributed by atoms with van der Waals surface area (Å²) in [5.41, 5.74) is 4.15. The maximum Gasteiger partial charge on any atom is 0.280 e. The number of carbonyl (C=O) groups is 1. The largest absolute Gasteiger partial charge is 0.347 e. The third-order valence-electron chi connectivity index (χ3n) is 9.19. The number of carbonyl (C=O) groups excluding carboxylic acids is 1. The monoisotopic (exact) mass is 410 g/mol. The van der Waals surface area contributed by atoms with Crippen LogP contribution >= 0.6 is 11.3 Å². The predicted octanol–water partition coefficient (Wildman–Crippen LogP) is 6.15. The van der Waals surface area contributed by atoms with Crippen molar-refractivity contribution in [1.29, 1.82) is 0 Å². The minimum Gasteiger partial charge on any atom is -0.347 e. The van der Waals surface area contributed by atoms with Crippen molar-refractivity contribution in [2.45, 2.75) is 78.2 Å². The Labute approximate surface area is 179 Å². The topological polar surface area (TPSA) is 42.0 Å². The first-order valence-electron chi connectivity index (χ1n) is 11.5. The molecule has 0 spiro atoms. The van der Waals surface area contributed by atoms with Gasteiger partial charge in [-0.1, -0.05) is 44.1 Å². The summed E-state index contributed by atoms with van der Waals surface area (Å²) in [5, 5.41) is 5.72. The Bertz CT molecular complexity index is 856. The number of hydrogen-bond donors (Lipinski definition) is 1. The van der Waals surface area contributed by atoms with Crippen LogP contribution in [0.2, 0.25) is 0 Å². The quantitative estimate of drug-likeness (QED) is 0.607. The first-order valence-corrected chi connectivity index (χ1v) is 12.4. The zero-order valence-electron chi connectivity index (χ0n) is 18.0. The molecule has 6 atom stereocenters. The summed E-state index contributed by atoms with van der Waals surface area (Å²) in [6.07, 6.45) is 16.7. The molecule has 0 radical (unpaired) electrons. The predicted molar refractivity (Wildman–Crippen MR) is 119 cm³/mol. The van der Waals surface area contributed by atoms with E-state index in [0.717, 1.165) is 30.6 Å². The van der Waals surface area contributed by atoms with E-state index in [4.69, 9.17) is 0 Å². The number of nitrogens with zero attached hydrogens (tertiary/aromatic N) is 1. The molecule has 29 heavy (non-hydrogen) atoms. The van der Waals surface area contributed by atoms with Gasteiger partial charge >= 0.3 is 0 Å². The van der Waals surface area contributed by atoms with Gasteiger partial charge in [0.2, 0.25) is 0 Å². The number of hydrogen-bond acceptors (Lipinski definition) is 3. The van der Waals surface area contributed by atoms with E-state index < -0.39 is 0 Å². The Morgan fingerprint density at radius 2 is 2.00 bits per heavy atom. The van der Waals surface area contributed by atoms with E-state index in [1.165, 1.54) is 49.9 Å². The number of aromatic nitrogens is 1. The smallest absolute Gasteiger partial charge is 0.280 e. The van der Waals surface area contributed by atoms with E-state index in [1.54, 1.807) is 17.3 Å². The van der Waals surface area contributed by atoms with E-state index in [-0.39, 0.29) is 11.9 Å². The van der Waals surface area contributed by atoms with E-state index in [1.807, 2.05) is 5.38 Å². The summed E-state index contributed by atoms with van der Waals surface area (Å²) >= 11 is 1.42. The highest BCUT2D eigenvalue weighted by Crippen LogP contribution is 2.65. The van der Waals surface area contributed by atoms with Crippen molar-refractivity contribution in [2.75, 3.05) is 0 Å². The molecule has 1 amide bonds. The maximum atomic E-state index is 12.5. The molecule has 2 fully saturated rings. The van der Waals surface area contributed by atoms with Crippen molar-refractivity contribution in [3.8, 4) is 0 Å². The van der Waals surface area contributed by atoms with Crippen molar-refractivity contribution >= 4 is 17.2 Å². The van der Waals surface area contributed by atoms with Gasteiger partial charge in [0.1, 0.15) is 0 Å². The molecule has 0 bridgehead atoms. The average molecular weight is 411 g/mol. The normalized spacial score (nSPS) is 40.9. The first-order chi connectivity index (χ1) is 14.0. The molecule has 1 aromatic rings. The molecule has 156 valence electrons. The summed E-state index contributed by atoms with van der Waals surface area (Å²) in [6.45, 7) is 7.44. The lowest BCUT2D eigenvalue weighted by atomic mass is 9.47. The SMILES string of the molecule is CCC1=CCC2C3CC=C4CC(NC(=O)c5nccs5)CCC4(C)C3CCC12C. The zero-order valence-corrected chi connectivity index (χ0v) is 18.9. The molecule has 4 aliphatic rings. The molecule has 4 heteroatoms. The number of thiazole rings is 1. The second-order valence-electron chi connectivity index (χ2n) is 10.3. The maximum absolute atomic E-state index is 12.5. The van der Waals surface area contributed by atoms with Gasteiger partial charge in [-0.25, -0.2) is 4.98 Å². The van der Waals surface area contributed by atoms with Crippen LogP contribution in [0.3, 0.4) is 0 Å². The van der Waals surface area contributed by atoms with Gasteiger partial charge < -0.3 is 5.32 Å². The van der Waals surface area contributed by atoms with Crippen molar-refractivity contribution in [1.82, 2.24) is 10.3 Å². The van der Waals surface area contributed by atoms with E-state index >= 15 is 0 Å². The highest BCUT2D eigenvalue weighted by atomic mass is 32.1. The molecular weight excluding hydrogens is 376 g/mol. The molecule has 2 saturated carbocycles. The minimum absolute atomic E-state index is 0.000414. The Balaban J connectivity index is 1.33. The van der Waals surface area contributed by atoms with Gasteiger partial charge in [0.15, 0.2) is 5.01 Å². The summed E-state index contributed by atoms with van der Waals surface area (Å²) < 4.78 is 0. The Kier molecular flexibility index (Phi) is 4.77. The molecule has 3 nitrogen and oxygen atoms in total. The van der Waals surface area contributed by atoms with Crippen LogP contribution in [-0.2, 0) is 0 Å². The Morgan fingerprint density at radius 1 is 1.17 bits per heavy atom. The van der Waals surface area contributed by atoms with Crippen LogP contribution in [0.25, 0.3) is 0 Å². The summed E-state index contributed by atoms with van der Waals surface area (Å²) in [6, 6.07) is 0.260. The van der Waals surface area contributed by atoms with Crippen LogP contribution in [0.15, 0.2) is 34.9 Å². The van der Waals surface area contributed by atoms with Gasteiger partial charge in [0.25, 0.3) is 5.91 Å². The minimum atomic E-state index is 0.000414. The lowest BCUT2D eigenvalue weighted by Gasteiger charge is -2.58. The van der Waals surface area contributed by atoms with Crippen molar-refractivity contribution in [3.05, 3.63) is 39.9 Å². The highest BCUT2D eigenvalue weighted by molar-refractivity contribution is 7.11. The molecule has 0 aromatic carbocycles. The van der Waals surface area contributed by atoms with Crippen molar-refractivity contribution in [2.24, 2.45) is 28.6 Å². The van der Waals surface area contributed by atoms with Crippen molar-refractivity contribution < 1.29 is 4.79 Å². The lowest BCUT2D eigenvalue weighted by molar-refractivity contribution is -0.0197. The van der Waals surface area contributed by atoms with Crippen LogP contribution in [0, 0.1) is 28.6 Å². The third kappa shape index (κ3) is 2.97. The molecule has 0 aliphatic heterocycles. The van der Waals surface area contributed by atoms with E-state index in [2.05, 4.69) is 43.2 Å². The molecule has 1 heterocycles. The van der Waals surface area contributed by atoms with Crippen LogP contribution < -0.4 is 5.32 Å². The Hall–Kier alpha value is -1.42. The molecule has 0 saturated heterocycles. The summed E-state index contributed by atoms with van der Waals surface area (Å²) in [4.78, 5) is 16.6. The van der Waals surface area contributed by atoms with E-state index in [0.29, 0.717) is 15.8 Å². The number of allylic oxidation sites excluding steroid dienone is 3. The fourth-order valence-electron chi connectivity index (χ4n) is 7.57. The standard InChI is InChI=1S/C25H34N2OS/c1-4-16-6-8-20-19-7-5-17-15-18(27-22(28)23-26-13-14-29-23)9-11-25(17,3)21(19)10-12-24(16,20)2/h5-6,13-14,18-21H,4,7-12,15H2,1-3H3,(H,27,28). The Morgan fingerprint density at radius 3 is 2.76 bits per heavy atom. The van der Waals surface area contributed by atoms with E-state index in [9.17, 15) is 4.79 Å². The molecule has 6 unspecified atom stereocenters. The molecule has 4 aliphatic carbocycles. The summed E-state index contributed by atoms with van der Waals surface area (Å²) in [5.74, 6) is 2.50. The molecule has 1 aromatic heterocycles. The average Bonchev–Trinajstić information content (AvgIpc) is 3.35. The molecule has 1 N–H and O–H groups in total. The van der Waals surface area contributed by atoms with Gasteiger partial charge in [-0.15, -0.1) is 11.3 Å². The van der Waals surface area contributed by atoms with Crippen LogP contribution in [0.5, 0.6) is 0 Å². The highest BCUT2D eigenvalue weighted by Gasteiger charge is 2.56. The number of nitrogens with one attached hydrogen (secondary N) is 1. The van der Waals surface area contributed by atoms with Crippen LogP contribution in [0.1, 0.15) is 81.9 Å².